The quantitative estimate of drug-likeness (QED) is 0.494. The summed E-state index contributed by atoms with van der Waals surface area (Å²) < 4.78 is 28.9. The van der Waals surface area contributed by atoms with Gasteiger partial charge in [0.25, 0.3) is 0 Å². The van der Waals surface area contributed by atoms with Crippen molar-refractivity contribution in [2.24, 2.45) is 5.41 Å². The first-order valence-electron chi connectivity index (χ1n) is 9.60. The Hall–Kier alpha value is -3.00. The SMILES string of the molecule is Cc1nc2cc(N)ncc2cc1-c1cc(NC(=O)NCCC(C)(C)C)c(F)cc1F.Cl. The second-order valence-electron chi connectivity index (χ2n) is 8.43. The van der Waals surface area contributed by atoms with Gasteiger partial charge >= 0.3 is 6.03 Å². The van der Waals surface area contributed by atoms with Crippen LogP contribution in [0.15, 0.2) is 30.5 Å². The van der Waals surface area contributed by atoms with E-state index in [1.165, 1.54) is 6.07 Å². The third-order valence-corrected chi connectivity index (χ3v) is 4.67. The van der Waals surface area contributed by atoms with E-state index in [2.05, 4.69) is 41.4 Å². The Morgan fingerprint density at radius 2 is 1.81 bits per heavy atom. The number of nitrogens with one attached hydrogen (secondary N) is 2. The molecule has 0 aliphatic rings. The number of aromatic nitrogens is 2. The van der Waals surface area contributed by atoms with E-state index in [1.54, 1.807) is 25.3 Å². The smallest absolute Gasteiger partial charge is 0.319 e. The molecule has 31 heavy (non-hydrogen) atoms. The highest BCUT2D eigenvalue weighted by atomic mass is 35.5. The van der Waals surface area contributed by atoms with Gasteiger partial charge in [-0.1, -0.05) is 20.8 Å². The molecule has 0 spiro atoms. The summed E-state index contributed by atoms with van der Waals surface area (Å²) in [5.74, 6) is -1.28. The Balaban J connectivity index is 0.00000341. The van der Waals surface area contributed by atoms with Gasteiger partial charge in [-0.3, -0.25) is 4.98 Å². The van der Waals surface area contributed by atoms with Gasteiger partial charge in [-0.2, -0.15) is 0 Å². The minimum absolute atomic E-state index is 0. The van der Waals surface area contributed by atoms with Crippen LogP contribution in [0.3, 0.4) is 0 Å². The van der Waals surface area contributed by atoms with E-state index in [1.807, 2.05) is 0 Å². The van der Waals surface area contributed by atoms with E-state index >= 15 is 0 Å². The molecule has 0 bridgehead atoms. The first-order valence-corrected chi connectivity index (χ1v) is 9.60. The second kappa shape index (κ2) is 9.43. The maximum atomic E-state index is 14.6. The van der Waals surface area contributed by atoms with Crippen molar-refractivity contribution >= 4 is 40.8 Å². The fourth-order valence-corrected chi connectivity index (χ4v) is 3.02. The maximum Gasteiger partial charge on any atom is 0.319 e. The molecule has 3 aromatic rings. The number of hydrogen-bond acceptors (Lipinski definition) is 4. The van der Waals surface area contributed by atoms with Gasteiger partial charge in [0.1, 0.15) is 17.5 Å². The van der Waals surface area contributed by atoms with Crippen LogP contribution >= 0.6 is 12.4 Å². The van der Waals surface area contributed by atoms with Crippen LogP contribution in [0.5, 0.6) is 0 Å². The minimum atomic E-state index is -0.858. The molecule has 166 valence electrons. The molecule has 6 nitrogen and oxygen atoms in total. The first-order chi connectivity index (χ1) is 14.0. The van der Waals surface area contributed by atoms with Gasteiger partial charge < -0.3 is 16.4 Å². The normalized spacial score (nSPS) is 11.2. The monoisotopic (exact) mass is 449 g/mol. The summed E-state index contributed by atoms with van der Waals surface area (Å²) >= 11 is 0. The van der Waals surface area contributed by atoms with Crippen LogP contribution in [0.1, 0.15) is 32.9 Å². The predicted molar refractivity (Wildman–Crippen MR) is 122 cm³/mol. The van der Waals surface area contributed by atoms with Gasteiger partial charge in [0.15, 0.2) is 0 Å². The van der Waals surface area contributed by atoms with Gasteiger partial charge in [0.2, 0.25) is 0 Å². The summed E-state index contributed by atoms with van der Waals surface area (Å²) in [6.45, 7) is 8.34. The van der Waals surface area contributed by atoms with Crippen molar-refractivity contribution < 1.29 is 13.6 Å². The number of rotatable bonds is 4. The molecule has 0 unspecified atom stereocenters. The van der Waals surface area contributed by atoms with E-state index in [9.17, 15) is 13.6 Å². The summed E-state index contributed by atoms with van der Waals surface area (Å²) in [7, 11) is 0. The van der Waals surface area contributed by atoms with Gasteiger partial charge in [0, 0.05) is 47.1 Å². The standard InChI is InChI=1S/C22H25F2N5O.ClH/c1-12-14(7-13-11-27-20(25)10-18(13)28-12)15-8-19(17(24)9-16(15)23)29-21(30)26-6-5-22(2,3)4;/h7-11H,5-6H2,1-4H3,(H2,25,27)(H2,26,29,30);1H. The highest BCUT2D eigenvalue weighted by molar-refractivity contribution is 5.91. The number of carbonyl (C=O) groups excluding carboxylic acids is 1. The van der Waals surface area contributed by atoms with Crippen molar-refractivity contribution in [1.29, 1.82) is 0 Å². The summed E-state index contributed by atoms with van der Waals surface area (Å²) in [6, 6.07) is 4.82. The zero-order valence-corrected chi connectivity index (χ0v) is 18.7. The number of carbonyl (C=O) groups is 1. The maximum absolute atomic E-state index is 14.6. The number of halogens is 3. The zero-order chi connectivity index (χ0) is 22.1. The Kier molecular flexibility index (Phi) is 7.38. The number of nitrogens with zero attached hydrogens (tertiary/aromatic N) is 2. The lowest BCUT2D eigenvalue weighted by molar-refractivity contribution is 0.250. The van der Waals surface area contributed by atoms with Crippen LogP contribution in [0.25, 0.3) is 22.0 Å². The molecule has 0 aliphatic heterocycles. The number of aryl methyl sites for hydroxylation is 1. The average Bonchev–Trinajstić information content (AvgIpc) is 2.62. The minimum Gasteiger partial charge on any atom is -0.384 e. The largest absolute Gasteiger partial charge is 0.384 e. The Morgan fingerprint density at radius 1 is 1.10 bits per heavy atom. The fraction of sp³-hybridized carbons (Fsp3) is 0.318. The van der Waals surface area contributed by atoms with Crippen LogP contribution in [0.2, 0.25) is 0 Å². The molecule has 0 radical (unpaired) electrons. The molecule has 0 fully saturated rings. The molecule has 2 aromatic heterocycles. The second-order valence-corrected chi connectivity index (χ2v) is 8.43. The van der Waals surface area contributed by atoms with E-state index in [0.29, 0.717) is 34.5 Å². The third-order valence-electron chi connectivity index (χ3n) is 4.67. The molecule has 2 amide bonds. The highest BCUT2D eigenvalue weighted by Crippen LogP contribution is 2.32. The van der Waals surface area contributed by atoms with Crippen LogP contribution in [-0.2, 0) is 0 Å². The summed E-state index contributed by atoms with van der Waals surface area (Å²) in [4.78, 5) is 20.6. The predicted octanol–water partition coefficient (Wildman–Crippen LogP) is 5.45. The van der Waals surface area contributed by atoms with Gasteiger partial charge in [-0.25, -0.2) is 18.6 Å². The van der Waals surface area contributed by atoms with E-state index < -0.39 is 17.7 Å². The lowest BCUT2D eigenvalue weighted by atomic mass is 9.92. The van der Waals surface area contributed by atoms with Crippen LogP contribution in [0.4, 0.5) is 25.1 Å². The van der Waals surface area contributed by atoms with Crippen molar-refractivity contribution in [2.45, 2.75) is 34.1 Å². The molecule has 0 aliphatic carbocycles. The van der Waals surface area contributed by atoms with Crippen molar-refractivity contribution in [3.8, 4) is 11.1 Å². The van der Waals surface area contributed by atoms with Crippen molar-refractivity contribution in [3.63, 3.8) is 0 Å². The van der Waals surface area contributed by atoms with Gasteiger partial charge in [0.05, 0.1) is 11.2 Å². The van der Waals surface area contributed by atoms with E-state index in [-0.39, 0.29) is 29.1 Å². The number of amides is 2. The third kappa shape index (κ3) is 6.01. The molecule has 0 atom stereocenters. The molecular weight excluding hydrogens is 424 g/mol. The number of nitrogens with two attached hydrogens (primary N) is 1. The number of anilines is 2. The van der Waals surface area contributed by atoms with E-state index in [0.717, 1.165) is 12.5 Å². The zero-order valence-electron chi connectivity index (χ0n) is 17.8. The number of nitrogen functional groups attached to an aromatic ring is 1. The number of fused-ring (bicyclic) bond motifs is 1. The van der Waals surface area contributed by atoms with Crippen LogP contribution < -0.4 is 16.4 Å². The van der Waals surface area contributed by atoms with Gasteiger partial charge in [-0.05, 0) is 30.9 Å². The molecule has 3 rings (SSSR count). The topological polar surface area (TPSA) is 92.9 Å². The Labute approximate surface area is 186 Å². The van der Waals surface area contributed by atoms with Crippen LogP contribution in [0, 0.1) is 24.0 Å². The molecule has 0 saturated carbocycles. The molecule has 9 heteroatoms. The number of benzene rings is 1. The summed E-state index contributed by atoms with van der Waals surface area (Å²) in [6.07, 6.45) is 2.31. The van der Waals surface area contributed by atoms with Gasteiger partial charge in [-0.15, -0.1) is 12.4 Å². The summed E-state index contributed by atoms with van der Waals surface area (Å²) in [5, 5.41) is 5.81. The fourth-order valence-electron chi connectivity index (χ4n) is 3.02. The number of urea groups is 1. The molecule has 4 N–H and O–H groups in total. The van der Waals surface area contributed by atoms with Crippen molar-refractivity contribution in [3.05, 3.63) is 47.8 Å². The lowest BCUT2D eigenvalue weighted by Gasteiger charge is -2.18. The lowest BCUT2D eigenvalue weighted by Crippen LogP contribution is -2.31. The number of hydrogen-bond donors (Lipinski definition) is 3. The Morgan fingerprint density at radius 3 is 2.48 bits per heavy atom. The summed E-state index contributed by atoms with van der Waals surface area (Å²) in [5.41, 5.74) is 7.40. The van der Waals surface area contributed by atoms with E-state index in [4.69, 9.17) is 5.73 Å². The van der Waals surface area contributed by atoms with Crippen LogP contribution in [-0.4, -0.2) is 22.5 Å². The Bertz CT molecular complexity index is 1120. The van der Waals surface area contributed by atoms with Crippen molar-refractivity contribution in [1.82, 2.24) is 15.3 Å². The highest BCUT2D eigenvalue weighted by Gasteiger charge is 2.17. The number of pyridine rings is 2. The average molecular weight is 450 g/mol. The molecule has 0 saturated heterocycles. The molecule has 2 heterocycles. The van der Waals surface area contributed by atoms with Crippen molar-refractivity contribution in [2.75, 3.05) is 17.6 Å². The molecule has 1 aromatic carbocycles. The molecular formula is C22H26ClF2N5O. The first kappa shape index (κ1) is 24.3.